The second kappa shape index (κ2) is 9.45. The molecule has 1 atom stereocenters. The molecule has 1 aliphatic heterocycles. The van der Waals surface area contributed by atoms with Gasteiger partial charge in [0, 0.05) is 32.2 Å². The number of hydrogen-bond donors (Lipinski definition) is 2. The lowest BCUT2D eigenvalue weighted by Gasteiger charge is -2.31. The molecule has 3 N–H and O–H groups in total. The van der Waals surface area contributed by atoms with Gasteiger partial charge in [0.15, 0.2) is 4.90 Å². The third-order valence-corrected chi connectivity index (χ3v) is 6.48. The Kier molecular flexibility index (Phi) is 8.15. The zero-order chi connectivity index (χ0) is 19.5. The van der Waals surface area contributed by atoms with Crippen molar-refractivity contribution in [3.8, 4) is 0 Å². The summed E-state index contributed by atoms with van der Waals surface area (Å²) in [6, 6.07) is 2.61. The molecule has 1 aromatic carbocycles. The Bertz CT molecular complexity index is 815. The number of carbonyl (C=O) groups excluding carboxylic acids is 1. The maximum Gasteiger partial charge on any atom is 0.289 e. The van der Waals surface area contributed by atoms with E-state index >= 15 is 0 Å². The molecule has 0 aromatic heterocycles. The van der Waals surface area contributed by atoms with Crippen molar-refractivity contribution in [2.24, 2.45) is 11.7 Å². The van der Waals surface area contributed by atoms with Gasteiger partial charge < -0.3 is 11.1 Å². The van der Waals surface area contributed by atoms with E-state index in [0.29, 0.717) is 37.1 Å². The Balaban J connectivity index is 0.00000364. The molecule has 1 unspecified atom stereocenters. The normalized spacial score (nSPS) is 17.8. The standard InChI is InChI=1S/C16H24N4O5S.ClH/c1-11-8-14(20(22)23)15(9-12(11)2)26(24,25)19-7-3-4-13(10-19)16(21)18-6-5-17;/h8-9,13H,3-7,10,17H2,1-2H3,(H,18,21);1H. The zero-order valence-corrected chi connectivity index (χ0v) is 16.9. The number of nitrogens with two attached hydrogens (primary N) is 1. The average molecular weight is 421 g/mol. The van der Waals surface area contributed by atoms with Crippen LogP contribution in [0.2, 0.25) is 0 Å². The Morgan fingerprint density at radius 2 is 2.00 bits per heavy atom. The molecule has 1 aromatic rings. The number of sulfonamides is 1. The van der Waals surface area contributed by atoms with Gasteiger partial charge in [0.1, 0.15) is 0 Å². The van der Waals surface area contributed by atoms with E-state index in [0.717, 1.165) is 0 Å². The number of carbonyl (C=O) groups is 1. The monoisotopic (exact) mass is 420 g/mol. The van der Waals surface area contributed by atoms with Gasteiger partial charge in [-0.3, -0.25) is 14.9 Å². The van der Waals surface area contributed by atoms with Crippen LogP contribution in [-0.2, 0) is 14.8 Å². The first kappa shape index (κ1) is 23.3. The molecule has 1 heterocycles. The molecule has 0 spiro atoms. The summed E-state index contributed by atoms with van der Waals surface area (Å²) in [5.74, 6) is -0.736. The molecule has 0 radical (unpaired) electrons. The number of nitro benzene ring substituents is 1. The fraction of sp³-hybridized carbons (Fsp3) is 0.562. The molecule has 1 fully saturated rings. The van der Waals surface area contributed by atoms with E-state index in [-0.39, 0.29) is 36.3 Å². The Hall–Kier alpha value is -1.75. The van der Waals surface area contributed by atoms with E-state index < -0.39 is 26.6 Å². The molecule has 0 bridgehead atoms. The third kappa shape index (κ3) is 5.16. The summed E-state index contributed by atoms with van der Waals surface area (Å²) < 4.78 is 27.2. The Morgan fingerprint density at radius 1 is 1.37 bits per heavy atom. The van der Waals surface area contributed by atoms with Crippen molar-refractivity contribution in [2.45, 2.75) is 31.6 Å². The highest BCUT2D eigenvalue weighted by molar-refractivity contribution is 7.89. The second-order valence-corrected chi connectivity index (χ2v) is 8.35. The first-order chi connectivity index (χ1) is 12.2. The number of nitro groups is 1. The SMILES string of the molecule is Cc1cc([N+](=O)[O-])c(S(=O)(=O)N2CCCC(C(=O)NCCN)C2)cc1C.Cl. The minimum atomic E-state index is -4.08. The van der Waals surface area contributed by atoms with Crippen LogP contribution in [0.15, 0.2) is 17.0 Å². The molecule has 1 amide bonds. The van der Waals surface area contributed by atoms with Gasteiger partial charge in [0.2, 0.25) is 15.9 Å². The first-order valence-electron chi connectivity index (χ1n) is 8.42. The predicted octanol–water partition coefficient (Wildman–Crippen LogP) is 1.11. The van der Waals surface area contributed by atoms with Crippen LogP contribution in [0.25, 0.3) is 0 Å². The van der Waals surface area contributed by atoms with Gasteiger partial charge in [-0.1, -0.05) is 0 Å². The van der Waals surface area contributed by atoms with E-state index in [1.807, 2.05) is 0 Å². The van der Waals surface area contributed by atoms with Gasteiger partial charge in [-0.2, -0.15) is 4.31 Å². The van der Waals surface area contributed by atoms with E-state index in [9.17, 15) is 23.3 Å². The number of rotatable bonds is 6. The zero-order valence-electron chi connectivity index (χ0n) is 15.3. The van der Waals surface area contributed by atoms with Crippen molar-refractivity contribution in [1.82, 2.24) is 9.62 Å². The van der Waals surface area contributed by atoms with Gasteiger partial charge in [-0.05, 0) is 43.9 Å². The van der Waals surface area contributed by atoms with Crippen molar-refractivity contribution in [2.75, 3.05) is 26.2 Å². The molecular formula is C16H25ClN4O5S. The highest BCUT2D eigenvalue weighted by Crippen LogP contribution is 2.32. The topological polar surface area (TPSA) is 136 Å². The van der Waals surface area contributed by atoms with E-state index in [2.05, 4.69) is 5.32 Å². The van der Waals surface area contributed by atoms with Crippen molar-refractivity contribution in [3.05, 3.63) is 33.4 Å². The lowest BCUT2D eigenvalue weighted by Crippen LogP contribution is -2.46. The summed E-state index contributed by atoms with van der Waals surface area (Å²) in [6.45, 7) is 4.25. The third-order valence-electron chi connectivity index (χ3n) is 4.59. The number of nitrogens with one attached hydrogen (secondary N) is 1. The molecule has 1 aliphatic rings. The molecule has 0 saturated carbocycles. The van der Waals surface area contributed by atoms with Crippen LogP contribution in [0.3, 0.4) is 0 Å². The van der Waals surface area contributed by atoms with Gasteiger partial charge in [-0.25, -0.2) is 8.42 Å². The molecule has 11 heteroatoms. The molecule has 152 valence electrons. The molecule has 1 saturated heterocycles. The van der Waals surface area contributed by atoms with Gasteiger partial charge in [0.25, 0.3) is 5.69 Å². The summed E-state index contributed by atoms with van der Waals surface area (Å²) in [5.41, 5.74) is 6.23. The number of hydrogen-bond acceptors (Lipinski definition) is 6. The predicted molar refractivity (Wildman–Crippen MR) is 103 cm³/mol. The molecule has 9 nitrogen and oxygen atoms in total. The Morgan fingerprint density at radius 3 is 2.59 bits per heavy atom. The van der Waals surface area contributed by atoms with Crippen molar-refractivity contribution >= 4 is 34.0 Å². The molecule has 2 rings (SSSR count). The van der Waals surface area contributed by atoms with Crippen molar-refractivity contribution < 1.29 is 18.1 Å². The maximum atomic E-state index is 13.0. The summed E-state index contributed by atoms with van der Waals surface area (Å²) in [6.07, 6.45) is 1.08. The average Bonchev–Trinajstić information content (AvgIpc) is 2.61. The number of benzene rings is 1. The lowest BCUT2D eigenvalue weighted by atomic mass is 9.99. The fourth-order valence-electron chi connectivity index (χ4n) is 2.98. The van der Waals surface area contributed by atoms with Crippen molar-refractivity contribution in [1.29, 1.82) is 0 Å². The van der Waals surface area contributed by atoms with Crippen LogP contribution in [0.5, 0.6) is 0 Å². The van der Waals surface area contributed by atoms with Crippen LogP contribution in [0.1, 0.15) is 24.0 Å². The second-order valence-electron chi connectivity index (χ2n) is 6.44. The summed E-state index contributed by atoms with van der Waals surface area (Å²) in [4.78, 5) is 22.5. The maximum absolute atomic E-state index is 13.0. The molecular weight excluding hydrogens is 396 g/mol. The van der Waals surface area contributed by atoms with E-state index in [1.165, 1.54) is 16.4 Å². The summed E-state index contributed by atoms with van der Waals surface area (Å²) in [5, 5.41) is 14.0. The van der Waals surface area contributed by atoms with Gasteiger partial charge >= 0.3 is 0 Å². The first-order valence-corrected chi connectivity index (χ1v) is 9.86. The number of halogens is 1. The lowest BCUT2D eigenvalue weighted by molar-refractivity contribution is -0.387. The minimum Gasteiger partial charge on any atom is -0.355 e. The van der Waals surface area contributed by atoms with Crippen LogP contribution < -0.4 is 11.1 Å². The fourth-order valence-corrected chi connectivity index (χ4v) is 4.72. The summed E-state index contributed by atoms with van der Waals surface area (Å²) in [7, 11) is -4.08. The Labute approximate surface area is 164 Å². The number of piperidine rings is 1. The summed E-state index contributed by atoms with van der Waals surface area (Å²) >= 11 is 0. The highest BCUT2D eigenvalue weighted by Gasteiger charge is 2.37. The van der Waals surface area contributed by atoms with E-state index in [1.54, 1.807) is 13.8 Å². The quantitative estimate of drug-likeness (QED) is 0.522. The van der Waals surface area contributed by atoms with Gasteiger partial charge in [-0.15, -0.1) is 12.4 Å². The number of nitrogens with zero attached hydrogens (tertiary/aromatic N) is 2. The molecule has 0 aliphatic carbocycles. The molecule has 27 heavy (non-hydrogen) atoms. The van der Waals surface area contributed by atoms with Crippen LogP contribution in [-0.4, -0.2) is 49.7 Å². The smallest absolute Gasteiger partial charge is 0.289 e. The number of aryl methyl sites for hydroxylation is 2. The largest absolute Gasteiger partial charge is 0.355 e. The van der Waals surface area contributed by atoms with Gasteiger partial charge in [0.05, 0.1) is 10.8 Å². The highest BCUT2D eigenvalue weighted by atomic mass is 35.5. The van der Waals surface area contributed by atoms with Crippen LogP contribution in [0.4, 0.5) is 5.69 Å². The number of amides is 1. The van der Waals surface area contributed by atoms with Crippen LogP contribution in [0, 0.1) is 29.9 Å². The minimum absolute atomic E-state index is 0. The van der Waals surface area contributed by atoms with Crippen LogP contribution >= 0.6 is 12.4 Å². The van der Waals surface area contributed by atoms with Crippen molar-refractivity contribution in [3.63, 3.8) is 0 Å². The van der Waals surface area contributed by atoms with E-state index in [4.69, 9.17) is 5.73 Å².